The molecule has 3 nitrogen and oxygen atoms in total. The van der Waals surface area contributed by atoms with E-state index in [1.165, 1.54) is 45.1 Å². The quantitative estimate of drug-likeness (QED) is 0.839. The van der Waals surface area contributed by atoms with Crippen LogP contribution in [0.25, 0.3) is 0 Å². The molecule has 0 unspecified atom stereocenters. The van der Waals surface area contributed by atoms with Gasteiger partial charge in [-0.15, -0.1) is 0 Å². The number of nitrogens with one attached hydrogen (secondary N) is 1. The zero-order valence-corrected chi connectivity index (χ0v) is 14.0. The minimum Gasteiger partial charge on any atom is -0.384 e. The molecule has 0 bridgehead atoms. The van der Waals surface area contributed by atoms with E-state index in [4.69, 9.17) is 4.74 Å². The smallest absolute Gasteiger partial charge is 0.0531 e. The molecule has 0 spiro atoms. The number of hydrogen-bond donors (Lipinski definition) is 1. The van der Waals surface area contributed by atoms with Gasteiger partial charge in [-0.3, -0.25) is 0 Å². The molecular formula is C17H34N2O. The molecule has 1 N–H and O–H groups in total. The van der Waals surface area contributed by atoms with Crippen LogP contribution in [0.4, 0.5) is 0 Å². The third-order valence-corrected chi connectivity index (χ3v) is 5.63. The fraction of sp³-hybridized carbons (Fsp3) is 1.00. The van der Waals surface area contributed by atoms with E-state index in [0.29, 0.717) is 10.8 Å². The molecule has 1 aliphatic carbocycles. The van der Waals surface area contributed by atoms with Gasteiger partial charge >= 0.3 is 0 Å². The number of ether oxygens (including phenoxy) is 1. The van der Waals surface area contributed by atoms with Crippen molar-refractivity contribution in [3.05, 3.63) is 0 Å². The van der Waals surface area contributed by atoms with Crippen LogP contribution in [0.1, 0.15) is 52.4 Å². The maximum Gasteiger partial charge on any atom is 0.0531 e. The molecule has 2 fully saturated rings. The molecule has 0 atom stereocenters. The van der Waals surface area contributed by atoms with Crippen molar-refractivity contribution in [3.63, 3.8) is 0 Å². The van der Waals surface area contributed by atoms with Gasteiger partial charge in [0.25, 0.3) is 0 Å². The van der Waals surface area contributed by atoms with Crippen molar-refractivity contribution in [3.8, 4) is 0 Å². The zero-order chi connectivity index (χ0) is 14.6. The number of nitrogens with zero attached hydrogens (tertiary/aromatic N) is 1. The van der Waals surface area contributed by atoms with Crippen LogP contribution >= 0.6 is 0 Å². The van der Waals surface area contributed by atoms with Crippen molar-refractivity contribution in [2.75, 3.05) is 40.4 Å². The van der Waals surface area contributed by atoms with Crippen LogP contribution in [0.3, 0.4) is 0 Å². The Labute approximate surface area is 125 Å². The third kappa shape index (κ3) is 4.19. The van der Waals surface area contributed by atoms with E-state index >= 15 is 0 Å². The highest BCUT2D eigenvalue weighted by molar-refractivity contribution is 4.90. The van der Waals surface area contributed by atoms with Gasteiger partial charge in [-0.1, -0.05) is 13.8 Å². The molecule has 2 aliphatic rings. The van der Waals surface area contributed by atoms with Gasteiger partial charge in [0.15, 0.2) is 0 Å². The Kier molecular flexibility index (Phi) is 5.49. The lowest BCUT2D eigenvalue weighted by atomic mass is 9.74. The molecule has 0 radical (unpaired) electrons. The van der Waals surface area contributed by atoms with Gasteiger partial charge in [0.1, 0.15) is 0 Å². The molecule has 1 saturated heterocycles. The number of methoxy groups -OCH3 is 1. The van der Waals surface area contributed by atoms with Crippen molar-refractivity contribution in [2.24, 2.45) is 10.8 Å². The molecule has 0 amide bonds. The van der Waals surface area contributed by atoms with E-state index < -0.39 is 0 Å². The maximum atomic E-state index is 5.55. The molecule has 0 aromatic heterocycles. The molecule has 2 rings (SSSR count). The van der Waals surface area contributed by atoms with Gasteiger partial charge in [-0.2, -0.15) is 0 Å². The van der Waals surface area contributed by atoms with Gasteiger partial charge in [-0.25, -0.2) is 0 Å². The van der Waals surface area contributed by atoms with E-state index in [9.17, 15) is 0 Å². The van der Waals surface area contributed by atoms with E-state index in [2.05, 4.69) is 31.1 Å². The van der Waals surface area contributed by atoms with Crippen LogP contribution in [-0.4, -0.2) is 51.3 Å². The number of rotatable bonds is 5. The first-order chi connectivity index (χ1) is 9.46. The van der Waals surface area contributed by atoms with Crippen LogP contribution in [0, 0.1) is 10.8 Å². The summed E-state index contributed by atoms with van der Waals surface area (Å²) in [4.78, 5) is 2.64. The van der Waals surface area contributed by atoms with Crippen LogP contribution in [0.15, 0.2) is 0 Å². The lowest BCUT2D eigenvalue weighted by molar-refractivity contribution is 0.00866. The highest BCUT2D eigenvalue weighted by atomic mass is 16.5. The Balaban J connectivity index is 1.89. The lowest BCUT2D eigenvalue weighted by Gasteiger charge is -2.44. The van der Waals surface area contributed by atoms with Crippen LogP contribution < -0.4 is 5.32 Å². The van der Waals surface area contributed by atoms with Crippen LogP contribution in [0.5, 0.6) is 0 Å². The Morgan fingerprint density at radius 2 is 1.70 bits per heavy atom. The van der Waals surface area contributed by atoms with Gasteiger partial charge in [0.2, 0.25) is 0 Å². The van der Waals surface area contributed by atoms with E-state index in [-0.39, 0.29) is 0 Å². The summed E-state index contributed by atoms with van der Waals surface area (Å²) in [6.07, 6.45) is 7.99. The second-order valence-corrected chi connectivity index (χ2v) is 7.99. The summed E-state index contributed by atoms with van der Waals surface area (Å²) in [6.45, 7) is 9.25. The first kappa shape index (κ1) is 16.3. The normalized spacial score (nSPS) is 26.9. The van der Waals surface area contributed by atoms with E-state index in [0.717, 1.165) is 25.7 Å². The zero-order valence-electron chi connectivity index (χ0n) is 14.0. The van der Waals surface area contributed by atoms with Crippen molar-refractivity contribution in [1.29, 1.82) is 0 Å². The summed E-state index contributed by atoms with van der Waals surface area (Å²) < 4.78 is 5.55. The van der Waals surface area contributed by atoms with Crippen molar-refractivity contribution in [1.82, 2.24) is 10.2 Å². The molecule has 20 heavy (non-hydrogen) atoms. The molecule has 118 valence electrons. The molecular weight excluding hydrogens is 248 g/mol. The number of hydrogen-bond acceptors (Lipinski definition) is 3. The molecule has 1 heterocycles. The Morgan fingerprint density at radius 1 is 1.10 bits per heavy atom. The molecule has 1 saturated carbocycles. The highest BCUT2D eigenvalue weighted by Gasteiger charge is 2.36. The fourth-order valence-corrected chi connectivity index (χ4v) is 4.09. The highest BCUT2D eigenvalue weighted by Crippen LogP contribution is 2.38. The SMILES string of the molecule is COCC1(CN(C)C2CCC(C)(C)CC2)CCNCC1. The second kappa shape index (κ2) is 6.76. The van der Waals surface area contributed by atoms with Gasteiger partial charge in [0.05, 0.1) is 6.61 Å². The summed E-state index contributed by atoms with van der Waals surface area (Å²) in [5.74, 6) is 0. The fourth-order valence-electron chi connectivity index (χ4n) is 4.09. The van der Waals surface area contributed by atoms with Crippen molar-refractivity contribution in [2.45, 2.75) is 58.4 Å². The Hall–Kier alpha value is -0.120. The van der Waals surface area contributed by atoms with E-state index in [1.54, 1.807) is 0 Å². The Morgan fingerprint density at radius 3 is 2.25 bits per heavy atom. The summed E-state index contributed by atoms with van der Waals surface area (Å²) >= 11 is 0. The molecule has 1 aliphatic heterocycles. The largest absolute Gasteiger partial charge is 0.384 e. The third-order valence-electron chi connectivity index (χ3n) is 5.63. The summed E-state index contributed by atoms with van der Waals surface area (Å²) in [7, 11) is 4.19. The van der Waals surface area contributed by atoms with E-state index in [1.807, 2.05) is 7.11 Å². The minimum absolute atomic E-state index is 0.377. The molecule has 0 aromatic rings. The second-order valence-electron chi connectivity index (χ2n) is 7.99. The number of piperidine rings is 1. The minimum atomic E-state index is 0.377. The van der Waals surface area contributed by atoms with Crippen LogP contribution in [0.2, 0.25) is 0 Å². The summed E-state index contributed by atoms with van der Waals surface area (Å²) in [5.41, 5.74) is 0.942. The average molecular weight is 282 g/mol. The van der Waals surface area contributed by atoms with Gasteiger partial charge < -0.3 is 15.0 Å². The van der Waals surface area contributed by atoms with Gasteiger partial charge in [0, 0.05) is 25.1 Å². The molecule has 3 heteroatoms. The predicted octanol–water partition coefficient (Wildman–Crippen LogP) is 2.90. The van der Waals surface area contributed by atoms with Crippen molar-refractivity contribution >= 4 is 0 Å². The Bertz CT molecular complexity index is 282. The summed E-state index contributed by atoms with van der Waals surface area (Å²) in [6, 6.07) is 0.784. The predicted molar refractivity (Wildman–Crippen MR) is 85.1 cm³/mol. The summed E-state index contributed by atoms with van der Waals surface area (Å²) in [5, 5.41) is 3.49. The standard InChI is InChI=1S/C17H34N2O/c1-16(2)7-5-15(6-8-16)19(3)13-17(14-20-4)9-11-18-12-10-17/h15,18H,5-14H2,1-4H3. The molecule has 0 aromatic carbocycles. The first-order valence-corrected chi connectivity index (χ1v) is 8.36. The lowest BCUT2D eigenvalue weighted by Crippen LogP contribution is -2.49. The monoisotopic (exact) mass is 282 g/mol. The average Bonchev–Trinajstić information content (AvgIpc) is 2.39. The maximum absolute atomic E-state index is 5.55. The van der Waals surface area contributed by atoms with Crippen molar-refractivity contribution < 1.29 is 4.74 Å². The first-order valence-electron chi connectivity index (χ1n) is 8.36. The topological polar surface area (TPSA) is 24.5 Å². The van der Waals surface area contributed by atoms with Gasteiger partial charge in [-0.05, 0) is 64.1 Å². The van der Waals surface area contributed by atoms with Crippen LogP contribution in [-0.2, 0) is 4.74 Å².